The van der Waals surface area contributed by atoms with Crippen LogP contribution in [0.3, 0.4) is 0 Å². The summed E-state index contributed by atoms with van der Waals surface area (Å²) < 4.78 is 0. The Balaban J connectivity index is 2.40. The van der Waals surface area contributed by atoms with Gasteiger partial charge in [-0.1, -0.05) is 65.7 Å². The van der Waals surface area contributed by atoms with E-state index in [-0.39, 0.29) is 0 Å². The Morgan fingerprint density at radius 2 is 1.77 bits per heavy atom. The van der Waals surface area contributed by atoms with Crippen LogP contribution in [-0.2, 0) is 0 Å². The molecule has 0 aromatic rings. The summed E-state index contributed by atoms with van der Waals surface area (Å²) in [6.45, 7) is 7.10. The van der Waals surface area contributed by atoms with Crippen molar-refractivity contribution >= 4 is 0 Å². The standard InChI is InChI=1S/C13H26/c1-4-8-11(5-2)13(6-3)12-9-7-10-12/h11-13H,4-10H2,1-3H3. The molecule has 0 aromatic carbocycles. The summed E-state index contributed by atoms with van der Waals surface area (Å²) in [5, 5.41) is 0. The molecule has 2 unspecified atom stereocenters. The summed E-state index contributed by atoms with van der Waals surface area (Å²) in [5.41, 5.74) is 0. The zero-order valence-electron chi connectivity index (χ0n) is 9.68. The van der Waals surface area contributed by atoms with Gasteiger partial charge in [-0.3, -0.25) is 0 Å². The van der Waals surface area contributed by atoms with Gasteiger partial charge in [0, 0.05) is 0 Å². The minimum absolute atomic E-state index is 1.03. The quantitative estimate of drug-likeness (QED) is 0.561. The zero-order chi connectivity index (χ0) is 9.68. The molecule has 0 aliphatic heterocycles. The largest absolute Gasteiger partial charge is 0.0654 e. The van der Waals surface area contributed by atoms with Crippen LogP contribution in [0, 0.1) is 17.8 Å². The predicted molar refractivity (Wildman–Crippen MR) is 59.8 cm³/mol. The predicted octanol–water partition coefficient (Wildman–Crippen LogP) is 4.64. The molecule has 0 saturated heterocycles. The molecule has 2 atom stereocenters. The first-order valence-corrected chi connectivity index (χ1v) is 6.33. The van der Waals surface area contributed by atoms with Gasteiger partial charge in [0.25, 0.3) is 0 Å². The molecule has 0 aromatic heterocycles. The average Bonchev–Trinajstić information content (AvgIpc) is 2.07. The zero-order valence-corrected chi connectivity index (χ0v) is 9.68. The minimum atomic E-state index is 1.03. The lowest BCUT2D eigenvalue weighted by Gasteiger charge is -2.38. The second-order valence-corrected chi connectivity index (χ2v) is 4.72. The summed E-state index contributed by atoms with van der Waals surface area (Å²) in [6.07, 6.45) is 10.2. The maximum absolute atomic E-state index is 2.39. The molecule has 0 N–H and O–H groups in total. The molecular weight excluding hydrogens is 156 g/mol. The van der Waals surface area contributed by atoms with Crippen LogP contribution in [0.2, 0.25) is 0 Å². The Labute approximate surface area is 84.1 Å². The second-order valence-electron chi connectivity index (χ2n) is 4.72. The highest BCUT2D eigenvalue weighted by molar-refractivity contribution is 4.81. The fraction of sp³-hybridized carbons (Fsp3) is 1.00. The Hall–Kier alpha value is 0. The van der Waals surface area contributed by atoms with Gasteiger partial charge >= 0.3 is 0 Å². The van der Waals surface area contributed by atoms with E-state index in [9.17, 15) is 0 Å². The third-order valence-electron chi connectivity index (χ3n) is 4.02. The van der Waals surface area contributed by atoms with Crippen LogP contribution in [0.25, 0.3) is 0 Å². The molecule has 0 amide bonds. The highest BCUT2D eigenvalue weighted by Crippen LogP contribution is 2.41. The summed E-state index contributed by atoms with van der Waals surface area (Å²) >= 11 is 0. The van der Waals surface area contributed by atoms with Crippen LogP contribution >= 0.6 is 0 Å². The lowest BCUT2D eigenvalue weighted by molar-refractivity contribution is 0.129. The average molecular weight is 182 g/mol. The Morgan fingerprint density at radius 3 is 2.08 bits per heavy atom. The Morgan fingerprint density at radius 1 is 1.08 bits per heavy atom. The lowest BCUT2D eigenvalue weighted by Crippen LogP contribution is -2.27. The molecule has 78 valence electrons. The van der Waals surface area contributed by atoms with Crippen molar-refractivity contribution in [3.8, 4) is 0 Å². The van der Waals surface area contributed by atoms with E-state index >= 15 is 0 Å². The topological polar surface area (TPSA) is 0 Å². The van der Waals surface area contributed by atoms with E-state index in [4.69, 9.17) is 0 Å². The maximum atomic E-state index is 2.39. The van der Waals surface area contributed by atoms with E-state index in [0.717, 1.165) is 17.8 Å². The Bertz CT molecular complexity index is 124. The van der Waals surface area contributed by atoms with Crippen LogP contribution < -0.4 is 0 Å². The highest BCUT2D eigenvalue weighted by Gasteiger charge is 2.30. The normalized spacial score (nSPS) is 22.4. The first kappa shape index (κ1) is 11.1. The number of rotatable bonds is 6. The van der Waals surface area contributed by atoms with Crippen molar-refractivity contribution in [2.75, 3.05) is 0 Å². The molecule has 13 heavy (non-hydrogen) atoms. The molecule has 1 aliphatic rings. The van der Waals surface area contributed by atoms with Gasteiger partial charge in [-0.25, -0.2) is 0 Å². The number of hydrogen-bond acceptors (Lipinski definition) is 0. The van der Waals surface area contributed by atoms with Gasteiger partial charge in [0.1, 0.15) is 0 Å². The smallest absolute Gasteiger partial charge is 0.0360 e. The molecule has 1 rings (SSSR count). The summed E-state index contributed by atoms with van der Waals surface area (Å²) in [7, 11) is 0. The summed E-state index contributed by atoms with van der Waals surface area (Å²) in [5.74, 6) is 3.18. The molecule has 0 nitrogen and oxygen atoms in total. The lowest BCUT2D eigenvalue weighted by atomic mass is 9.68. The van der Waals surface area contributed by atoms with Crippen LogP contribution in [0.5, 0.6) is 0 Å². The molecule has 0 bridgehead atoms. The van der Waals surface area contributed by atoms with Crippen molar-refractivity contribution in [1.82, 2.24) is 0 Å². The van der Waals surface area contributed by atoms with Gasteiger partial charge in [0.15, 0.2) is 0 Å². The molecule has 1 aliphatic carbocycles. The summed E-state index contributed by atoms with van der Waals surface area (Å²) in [6, 6.07) is 0. The van der Waals surface area contributed by atoms with Crippen LogP contribution in [0.1, 0.15) is 65.7 Å². The molecule has 0 heterocycles. The molecule has 0 heteroatoms. The van der Waals surface area contributed by atoms with Crippen molar-refractivity contribution < 1.29 is 0 Å². The van der Waals surface area contributed by atoms with Gasteiger partial charge in [-0.05, 0) is 17.8 Å². The maximum Gasteiger partial charge on any atom is -0.0360 e. The van der Waals surface area contributed by atoms with E-state index in [1.807, 2.05) is 0 Å². The van der Waals surface area contributed by atoms with Crippen molar-refractivity contribution in [2.45, 2.75) is 65.7 Å². The van der Waals surface area contributed by atoms with E-state index in [1.54, 1.807) is 0 Å². The Kier molecular flexibility index (Phi) is 4.83. The second kappa shape index (κ2) is 5.67. The van der Waals surface area contributed by atoms with Gasteiger partial charge in [-0.2, -0.15) is 0 Å². The first-order chi connectivity index (χ1) is 6.33. The van der Waals surface area contributed by atoms with Gasteiger partial charge in [0.05, 0.1) is 0 Å². The molecule has 1 fully saturated rings. The molecule has 0 radical (unpaired) electrons. The van der Waals surface area contributed by atoms with Crippen molar-refractivity contribution in [2.24, 2.45) is 17.8 Å². The fourth-order valence-corrected chi connectivity index (χ4v) is 3.01. The van der Waals surface area contributed by atoms with Crippen LogP contribution in [-0.4, -0.2) is 0 Å². The highest BCUT2D eigenvalue weighted by atomic mass is 14.4. The summed E-state index contributed by atoms with van der Waals surface area (Å²) in [4.78, 5) is 0. The number of hydrogen-bond donors (Lipinski definition) is 0. The molecular formula is C13H26. The van der Waals surface area contributed by atoms with E-state index in [1.165, 1.54) is 44.9 Å². The van der Waals surface area contributed by atoms with E-state index in [2.05, 4.69) is 20.8 Å². The first-order valence-electron chi connectivity index (χ1n) is 6.33. The minimum Gasteiger partial charge on any atom is -0.0654 e. The fourth-order valence-electron chi connectivity index (χ4n) is 3.01. The third-order valence-corrected chi connectivity index (χ3v) is 4.02. The molecule has 0 spiro atoms. The van der Waals surface area contributed by atoms with Crippen LogP contribution in [0.4, 0.5) is 0 Å². The van der Waals surface area contributed by atoms with Gasteiger partial charge < -0.3 is 0 Å². The molecule has 1 saturated carbocycles. The van der Waals surface area contributed by atoms with E-state index in [0.29, 0.717) is 0 Å². The SMILES string of the molecule is CCCC(CC)C(CC)C1CCC1. The van der Waals surface area contributed by atoms with Crippen molar-refractivity contribution in [1.29, 1.82) is 0 Å². The van der Waals surface area contributed by atoms with E-state index < -0.39 is 0 Å². The van der Waals surface area contributed by atoms with Crippen molar-refractivity contribution in [3.63, 3.8) is 0 Å². The van der Waals surface area contributed by atoms with Gasteiger partial charge in [0.2, 0.25) is 0 Å². The van der Waals surface area contributed by atoms with Crippen LogP contribution in [0.15, 0.2) is 0 Å². The van der Waals surface area contributed by atoms with Gasteiger partial charge in [-0.15, -0.1) is 0 Å². The van der Waals surface area contributed by atoms with Crippen molar-refractivity contribution in [3.05, 3.63) is 0 Å². The third kappa shape index (κ3) is 2.72. The monoisotopic (exact) mass is 182 g/mol.